The largest absolute Gasteiger partial charge is 0.241 e. The van der Waals surface area contributed by atoms with Gasteiger partial charge in [0.1, 0.15) is 10.8 Å². The van der Waals surface area contributed by atoms with Gasteiger partial charge in [-0.3, -0.25) is 0 Å². The standard InChI is InChI=1S/C18H19FN2O2S3/c1-11(2)15-10-24-18(21-15)16-8-17(12(3)25-16)26(22,23)20-9-13-4-6-14(19)7-5-13/h4-8,10-11,20H,9H2,1-3H3. The van der Waals surface area contributed by atoms with Gasteiger partial charge in [0.05, 0.1) is 15.5 Å². The Kier molecular flexibility index (Phi) is 5.57. The van der Waals surface area contributed by atoms with Crippen LogP contribution in [0.2, 0.25) is 0 Å². The van der Waals surface area contributed by atoms with Crippen molar-refractivity contribution in [3.05, 3.63) is 57.7 Å². The van der Waals surface area contributed by atoms with Crippen molar-refractivity contribution >= 4 is 32.7 Å². The number of aryl methyl sites for hydroxylation is 1. The number of nitrogens with one attached hydrogen (secondary N) is 1. The highest BCUT2D eigenvalue weighted by Gasteiger charge is 2.21. The van der Waals surface area contributed by atoms with E-state index in [-0.39, 0.29) is 17.3 Å². The molecule has 4 nitrogen and oxygen atoms in total. The number of thiophene rings is 1. The third-order valence-corrected chi connectivity index (χ3v) is 7.60. The Morgan fingerprint density at radius 3 is 2.54 bits per heavy atom. The number of thiazole rings is 1. The summed E-state index contributed by atoms with van der Waals surface area (Å²) in [6, 6.07) is 7.42. The molecule has 2 heterocycles. The van der Waals surface area contributed by atoms with Gasteiger partial charge in [-0.25, -0.2) is 22.5 Å². The van der Waals surface area contributed by atoms with Crippen molar-refractivity contribution in [2.75, 3.05) is 0 Å². The van der Waals surface area contributed by atoms with Crippen molar-refractivity contribution in [3.63, 3.8) is 0 Å². The molecule has 26 heavy (non-hydrogen) atoms. The van der Waals surface area contributed by atoms with Gasteiger partial charge in [-0.15, -0.1) is 22.7 Å². The van der Waals surface area contributed by atoms with Crippen LogP contribution in [0, 0.1) is 12.7 Å². The summed E-state index contributed by atoms with van der Waals surface area (Å²) < 4.78 is 40.8. The van der Waals surface area contributed by atoms with Crippen molar-refractivity contribution in [2.24, 2.45) is 0 Å². The van der Waals surface area contributed by atoms with Crippen molar-refractivity contribution in [3.8, 4) is 9.88 Å². The van der Waals surface area contributed by atoms with Gasteiger partial charge in [0.25, 0.3) is 0 Å². The molecule has 0 spiro atoms. The molecule has 8 heteroatoms. The van der Waals surface area contributed by atoms with Gasteiger partial charge in [-0.2, -0.15) is 0 Å². The Labute approximate surface area is 160 Å². The summed E-state index contributed by atoms with van der Waals surface area (Å²) in [7, 11) is -3.65. The molecule has 0 fully saturated rings. The van der Waals surface area contributed by atoms with E-state index in [1.807, 2.05) is 5.38 Å². The molecule has 0 atom stereocenters. The molecule has 0 saturated heterocycles. The lowest BCUT2D eigenvalue weighted by atomic mass is 10.2. The molecule has 138 valence electrons. The van der Waals surface area contributed by atoms with Gasteiger partial charge in [-0.1, -0.05) is 26.0 Å². The van der Waals surface area contributed by atoms with Crippen LogP contribution in [0.15, 0.2) is 40.6 Å². The van der Waals surface area contributed by atoms with Gasteiger partial charge in [0, 0.05) is 16.8 Å². The first-order valence-electron chi connectivity index (χ1n) is 8.06. The van der Waals surface area contributed by atoms with Crippen LogP contribution in [0.3, 0.4) is 0 Å². The molecule has 0 radical (unpaired) electrons. The molecule has 1 N–H and O–H groups in total. The lowest BCUT2D eigenvalue weighted by molar-refractivity contribution is 0.581. The fourth-order valence-corrected chi connectivity index (χ4v) is 6.01. The smallest absolute Gasteiger partial charge is 0.240 e. The van der Waals surface area contributed by atoms with Gasteiger partial charge in [0.15, 0.2) is 0 Å². The molecular formula is C18H19FN2O2S3. The van der Waals surface area contributed by atoms with E-state index in [0.29, 0.717) is 16.4 Å². The molecule has 3 aromatic rings. The fourth-order valence-electron chi connectivity index (χ4n) is 2.36. The number of sulfonamides is 1. The second-order valence-corrected chi connectivity index (χ2v) is 10.1. The lowest BCUT2D eigenvalue weighted by Gasteiger charge is -2.06. The predicted molar refractivity (Wildman–Crippen MR) is 105 cm³/mol. The molecule has 2 aromatic heterocycles. The van der Waals surface area contributed by atoms with E-state index in [0.717, 1.165) is 15.6 Å². The number of halogens is 1. The topological polar surface area (TPSA) is 59.1 Å². The second kappa shape index (κ2) is 7.56. The van der Waals surface area contributed by atoms with E-state index in [1.54, 1.807) is 25.1 Å². The molecule has 0 saturated carbocycles. The van der Waals surface area contributed by atoms with E-state index in [2.05, 4.69) is 23.6 Å². The summed E-state index contributed by atoms with van der Waals surface area (Å²) in [4.78, 5) is 6.43. The maximum absolute atomic E-state index is 13.0. The van der Waals surface area contributed by atoms with Crippen LogP contribution in [0.25, 0.3) is 9.88 Å². The normalized spacial score (nSPS) is 12.0. The number of hydrogen-bond acceptors (Lipinski definition) is 5. The van der Waals surface area contributed by atoms with E-state index in [9.17, 15) is 12.8 Å². The summed E-state index contributed by atoms with van der Waals surface area (Å²) in [6.45, 7) is 6.06. The quantitative estimate of drug-likeness (QED) is 0.627. The van der Waals surface area contributed by atoms with Crippen LogP contribution < -0.4 is 4.72 Å². The second-order valence-electron chi connectivity index (χ2n) is 6.21. The van der Waals surface area contributed by atoms with Crippen molar-refractivity contribution < 1.29 is 12.8 Å². The fraction of sp³-hybridized carbons (Fsp3) is 0.278. The monoisotopic (exact) mass is 410 g/mol. The third kappa shape index (κ3) is 4.20. The van der Waals surface area contributed by atoms with Crippen molar-refractivity contribution in [2.45, 2.75) is 38.1 Å². The minimum atomic E-state index is -3.65. The zero-order valence-electron chi connectivity index (χ0n) is 14.6. The average molecular weight is 411 g/mol. The van der Waals surface area contributed by atoms with Crippen molar-refractivity contribution in [1.82, 2.24) is 9.71 Å². The Morgan fingerprint density at radius 1 is 1.23 bits per heavy atom. The zero-order valence-corrected chi connectivity index (χ0v) is 17.1. The Bertz CT molecular complexity index is 1010. The highest BCUT2D eigenvalue weighted by atomic mass is 32.2. The summed E-state index contributed by atoms with van der Waals surface area (Å²) in [5, 5.41) is 2.84. The molecule has 3 rings (SSSR count). The highest BCUT2D eigenvalue weighted by Crippen LogP contribution is 2.36. The number of nitrogens with zero attached hydrogens (tertiary/aromatic N) is 1. The first kappa shape index (κ1) is 19.2. The zero-order chi connectivity index (χ0) is 18.9. The molecule has 0 aliphatic heterocycles. The highest BCUT2D eigenvalue weighted by molar-refractivity contribution is 7.89. The van der Waals surface area contributed by atoms with E-state index in [1.165, 1.54) is 34.8 Å². The Balaban J connectivity index is 1.81. The maximum atomic E-state index is 13.0. The van der Waals surface area contributed by atoms with E-state index in [4.69, 9.17) is 0 Å². The van der Waals surface area contributed by atoms with Gasteiger partial charge in [0.2, 0.25) is 10.0 Å². The summed E-state index contributed by atoms with van der Waals surface area (Å²) in [6.07, 6.45) is 0. The molecule has 1 aromatic carbocycles. The number of benzene rings is 1. The third-order valence-electron chi connectivity index (χ3n) is 3.87. The minimum absolute atomic E-state index is 0.113. The van der Waals surface area contributed by atoms with E-state index < -0.39 is 10.0 Å². The first-order chi connectivity index (χ1) is 12.3. The van der Waals surface area contributed by atoms with Crippen LogP contribution in [0.5, 0.6) is 0 Å². The van der Waals surface area contributed by atoms with Crippen LogP contribution in [-0.4, -0.2) is 13.4 Å². The van der Waals surface area contributed by atoms with Crippen LogP contribution in [-0.2, 0) is 16.6 Å². The molecule has 0 aliphatic rings. The average Bonchev–Trinajstić information content (AvgIpc) is 3.21. The van der Waals surface area contributed by atoms with Gasteiger partial charge in [-0.05, 0) is 36.6 Å². The predicted octanol–water partition coefficient (Wildman–Crippen LogP) is 4.92. The summed E-state index contributed by atoms with van der Waals surface area (Å²) >= 11 is 2.95. The van der Waals surface area contributed by atoms with E-state index >= 15 is 0 Å². The first-order valence-corrected chi connectivity index (χ1v) is 11.2. The molecular weight excluding hydrogens is 391 g/mol. The molecule has 0 unspecified atom stereocenters. The Morgan fingerprint density at radius 2 is 1.92 bits per heavy atom. The number of rotatable bonds is 6. The SMILES string of the molecule is Cc1sc(-c2nc(C(C)C)cs2)cc1S(=O)(=O)NCc1ccc(F)cc1. The number of hydrogen-bond donors (Lipinski definition) is 1. The van der Waals surface area contributed by atoms with Crippen LogP contribution in [0.1, 0.15) is 35.9 Å². The summed E-state index contributed by atoms with van der Waals surface area (Å²) in [5.74, 6) is -0.0132. The molecule has 0 bridgehead atoms. The molecule has 0 aliphatic carbocycles. The van der Waals surface area contributed by atoms with Gasteiger partial charge < -0.3 is 0 Å². The Hall–Kier alpha value is -1.61. The minimum Gasteiger partial charge on any atom is -0.240 e. The van der Waals surface area contributed by atoms with Crippen LogP contribution >= 0.6 is 22.7 Å². The van der Waals surface area contributed by atoms with Crippen molar-refractivity contribution in [1.29, 1.82) is 0 Å². The van der Waals surface area contributed by atoms with Gasteiger partial charge >= 0.3 is 0 Å². The lowest BCUT2D eigenvalue weighted by Crippen LogP contribution is -2.23. The maximum Gasteiger partial charge on any atom is 0.241 e. The van der Waals surface area contributed by atoms with Crippen LogP contribution in [0.4, 0.5) is 4.39 Å². The molecule has 0 amide bonds. The number of aromatic nitrogens is 1. The summed E-state index contributed by atoms with van der Waals surface area (Å²) in [5.41, 5.74) is 1.71.